The fraction of sp³-hybridized carbons (Fsp3) is 0.467. The minimum Gasteiger partial charge on any atom is -0.296 e. The molecular formula is C15H17F2NO2. The molecule has 0 bridgehead atoms. The van der Waals surface area contributed by atoms with E-state index in [-0.39, 0.29) is 18.2 Å². The monoisotopic (exact) mass is 281 g/mol. The van der Waals surface area contributed by atoms with Crippen LogP contribution in [0, 0.1) is 23.5 Å². The number of hydrogen-bond donors (Lipinski definition) is 1. The Morgan fingerprint density at radius 3 is 2.35 bits per heavy atom. The third kappa shape index (κ3) is 3.21. The normalized spacial score (nSPS) is 23.1. The number of imide groups is 1. The highest BCUT2D eigenvalue weighted by Crippen LogP contribution is 2.35. The number of halogens is 2. The Kier molecular flexibility index (Phi) is 4.16. The van der Waals surface area contributed by atoms with Crippen molar-refractivity contribution in [1.82, 2.24) is 5.32 Å². The van der Waals surface area contributed by atoms with Crippen molar-refractivity contribution in [3.8, 4) is 0 Å². The summed E-state index contributed by atoms with van der Waals surface area (Å²) in [4.78, 5) is 23.5. The van der Waals surface area contributed by atoms with Crippen LogP contribution in [0.15, 0.2) is 18.2 Å². The van der Waals surface area contributed by atoms with Crippen molar-refractivity contribution >= 4 is 11.8 Å². The van der Waals surface area contributed by atoms with Crippen LogP contribution in [0.1, 0.15) is 38.2 Å². The largest absolute Gasteiger partial charge is 0.296 e. The van der Waals surface area contributed by atoms with E-state index in [1.807, 2.05) is 13.8 Å². The molecule has 2 unspecified atom stereocenters. The molecule has 1 heterocycles. The molecule has 1 N–H and O–H groups in total. The minimum absolute atomic E-state index is 0.0754. The molecule has 108 valence electrons. The van der Waals surface area contributed by atoms with E-state index in [1.54, 1.807) is 0 Å². The van der Waals surface area contributed by atoms with E-state index in [0.717, 1.165) is 6.07 Å². The SMILES string of the molecule is CC(C)CC1C(=O)NC(=O)CC1c1cc(F)cc(F)c1. The van der Waals surface area contributed by atoms with Crippen LogP contribution in [0.4, 0.5) is 8.78 Å². The van der Waals surface area contributed by atoms with Gasteiger partial charge in [0.2, 0.25) is 11.8 Å². The third-order valence-electron chi connectivity index (χ3n) is 3.53. The lowest BCUT2D eigenvalue weighted by Gasteiger charge is -2.31. The van der Waals surface area contributed by atoms with Gasteiger partial charge >= 0.3 is 0 Å². The van der Waals surface area contributed by atoms with E-state index >= 15 is 0 Å². The number of benzene rings is 1. The lowest BCUT2D eigenvalue weighted by Crippen LogP contribution is -2.45. The van der Waals surface area contributed by atoms with E-state index in [4.69, 9.17) is 0 Å². The maximum atomic E-state index is 13.3. The summed E-state index contributed by atoms with van der Waals surface area (Å²) in [6.45, 7) is 3.93. The van der Waals surface area contributed by atoms with Gasteiger partial charge in [-0.2, -0.15) is 0 Å². The number of amides is 2. The van der Waals surface area contributed by atoms with Gasteiger partial charge in [-0.3, -0.25) is 14.9 Å². The van der Waals surface area contributed by atoms with E-state index in [1.165, 1.54) is 12.1 Å². The average Bonchev–Trinajstić information content (AvgIpc) is 2.30. The number of hydrogen-bond acceptors (Lipinski definition) is 2. The molecule has 1 saturated heterocycles. The molecule has 1 aromatic rings. The molecule has 20 heavy (non-hydrogen) atoms. The number of piperidine rings is 1. The average molecular weight is 281 g/mol. The van der Waals surface area contributed by atoms with Crippen LogP contribution >= 0.6 is 0 Å². The van der Waals surface area contributed by atoms with Crippen molar-refractivity contribution in [2.45, 2.75) is 32.6 Å². The van der Waals surface area contributed by atoms with Crippen molar-refractivity contribution in [2.24, 2.45) is 11.8 Å². The summed E-state index contributed by atoms with van der Waals surface area (Å²) < 4.78 is 26.7. The highest BCUT2D eigenvalue weighted by Gasteiger charge is 2.37. The molecule has 2 amide bonds. The molecule has 2 atom stereocenters. The predicted octanol–water partition coefficient (Wildman–Crippen LogP) is 2.76. The van der Waals surface area contributed by atoms with E-state index in [9.17, 15) is 18.4 Å². The maximum absolute atomic E-state index is 13.3. The second-order valence-electron chi connectivity index (χ2n) is 5.66. The standard InChI is InChI=1S/C15H17F2NO2/c1-8(2)3-13-12(7-14(19)18-15(13)20)9-4-10(16)6-11(17)5-9/h4-6,8,12-13H,3,7H2,1-2H3,(H,18,19,20). The van der Waals surface area contributed by atoms with E-state index in [2.05, 4.69) is 5.32 Å². The van der Waals surface area contributed by atoms with Crippen LogP contribution in [0.25, 0.3) is 0 Å². The zero-order chi connectivity index (χ0) is 14.9. The maximum Gasteiger partial charge on any atom is 0.230 e. The quantitative estimate of drug-likeness (QED) is 0.866. The van der Waals surface area contributed by atoms with Crippen LogP contribution in [-0.4, -0.2) is 11.8 Å². The van der Waals surface area contributed by atoms with Crippen molar-refractivity contribution in [3.63, 3.8) is 0 Å². The fourth-order valence-corrected chi connectivity index (χ4v) is 2.72. The second kappa shape index (κ2) is 5.69. The van der Waals surface area contributed by atoms with Gasteiger partial charge in [0.15, 0.2) is 0 Å². The van der Waals surface area contributed by atoms with Crippen molar-refractivity contribution in [1.29, 1.82) is 0 Å². The lowest BCUT2D eigenvalue weighted by molar-refractivity contribution is -0.137. The minimum atomic E-state index is -0.693. The first-order valence-corrected chi connectivity index (χ1v) is 6.66. The zero-order valence-electron chi connectivity index (χ0n) is 11.5. The van der Waals surface area contributed by atoms with Gasteiger partial charge in [-0.25, -0.2) is 8.78 Å². The summed E-state index contributed by atoms with van der Waals surface area (Å²) in [5.41, 5.74) is 0.372. The van der Waals surface area contributed by atoms with E-state index in [0.29, 0.717) is 12.0 Å². The van der Waals surface area contributed by atoms with Gasteiger partial charge in [0.1, 0.15) is 11.6 Å². The highest BCUT2D eigenvalue weighted by molar-refractivity contribution is 5.99. The summed E-state index contributed by atoms with van der Waals surface area (Å²) in [5.74, 6) is -2.80. The number of rotatable bonds is 3. The Balaban J connectivity index is 2.37. The highest BCUT2D eigenvalue weighted by atomic mass is 19.1. The first-order chi connectivity index (χ1) is 9.36. The lowest BCUT2D eigenvalue weighted by atomic mass is 9.76. The molecule has 5 heteroatoms. The molecule has 0 spiro atoms. The van der Waals surface area contributed by atoms with Gasteiger partial charge in [-0.1, -0.05) is 13.8 Å². The molecule has 1 aliphatic heterocycles. The van der Waals surface area contributed by atoms with Crippen LogP contribution < -0.4 is 5.32 Å². The zero-order valence-corrected chi connectivity index (χ0v) is 11.5. The van der Waals surface area contributed by atoms with Gasteiger partial charge in [0.05, 0.1) is 0 Å². The molecule has 2 rings (SSSR count). The third-order valence-corrected chi connectivity index (χ3v) is 3.53. The topological polar surface area (TPSA) is 46.2 Å². The molecule has 1 aromatic carbocycles. The summed E-state index contributed by atoms with van der Waals surface area (Å²) in [5, 5.41) is 2.30. The van der Waals surface area contributed by atoms with Crippen LogP contribution in [-0.2, 0) is 9.59 Å². The van der Waals surface area contributed by atoms with Gasteiger partial charge in [0.25, 0.3) is 0 Å². The summed E-state index contributed by atoms with van der Waals surface area (Å²) in [7, 11) is 0. The Hall–Kier alpha value is -1.78. The molecule has 3 nitrogen and oxygen atoms in total. The van der Waals surface area contributed by atoms with Crippen molar-refractivity contribution in [2.75, 3.05) is 0 Å². The van der Waals surface area contributed by atoms with Crippen molar-refractivity contribution in [3.05, 3.63) is 35.4 Å². The summed E-state index contributed by atoms with van der Waals surface area (Å²) in [6.07, 6.45) is 0.647. The molecule has 1 fully saturated rings. The summed E-state index contributed by atoms with van der Waals surface area (Å²) >= 11 is 0. The van der Waals surface area contributed by atoms with Crippen LogP contribution in [0.2, 0.25) is 0 Å². The van der Waals surface area contributed by atoms with Crippen LogP contribution in [0.5, 0.6) is 0 Å². The smallest absolute Gasteiger partial charge is 0.230 e. The van der Waals surface area contributed by atoms with Crippen LogP contribution in [0.3, 0.4) is 0 Å². The Bertz CT molecular complexity index is 522. The van der Waals surface area contributed by atoms with Gasteiger partial charge in [-0.15, -0.1) is 0 Å². The molecule has 0 aromatic heterocycles. The summed E-state index contributed by atoms with van der Waals surface area (Å²) in [6, 6.07) is 3.19. The molecular weight excluding hydrogens is 264 g/mol. The number of nitrogens with one attached hydrogen (secondary N) is 1. The molecule has 1 aliphatic rings. The molecule has 0 aliphatic carbocycles. The first-order valence-electron chi connectivity index (χ1n) is 6.66. The van der Waals surface area contributed by atoms with Gasteiger partial charge < -0.3 is 0 Å². The predicted molar refractivity (Wildman–Crippen MR) is 69.8 cm³/mol. The first kappa shape index (κ1) is 14.6. The number of carbonyl (C=O) groups excluding carboxylic acids is 2. The Morgan fingerprint density at radius 1 is 1.20 bits per heavy atom. The molecule has 0 saturated carbocycles. The molecule has 0 radical (unpaired) electrons. The Morgan fingerprint density at radius 2 is 1.80 bits per heavy atom. The fourth-order valence-electron chi connectivity index (χ4n) is 2.72. The number of carbonyl (C=O) groups is 2. The van der Waals surface area contributed by atoms with Gasteiger partial charge in [0, 0.05) is 24.3 Å². The van der Waals surface area contributed by atoms with E-state index < -0.39 is 29.4 Å². The van der Waals surface area contributed by atoms with Gasteiger partial charge in [-0.05, 0) is 30.0 Å². The Labute approximate surface area is 116 Å². The second-order valence-corrected chi connectivity index (χ2v) is 5.66. The van der Waals surface area contributed by atoms with Crippen molar-refractivity contribution < 1.29 is 18.4 Å².